The van der Waals surface area contributed by atoms with Gasteiger partial charge in [-0.2, -0.15) is 0 Å². The highest BCUT2D eigenvalue weighted by Gasteiger charge is 2.16. The Kier molecular flexibility index (Phi) is 7.65. The first kappa shape index (κ1) is 23.5. The van der Waals surface area contributed by atoms with Gasteiger partial charge in [0.2, 0.25) is 11.9 Å². The highest BCUT2D eigenvalue weighted by Crippen LogP contribution is 2.33. The Morgan fingerprint density at radius 3 is 2.28 bits per heavy atom. The number of hydrogen-bond acceptors (Lipinski definition) is 7. The van der Waals surface area contributed by atoms with Crippen molar-refractivity contribution >= 4 is 43.5 Å². The second kappa shape index (κ2) is 10.4. The Labute approximate surface area is 194 Å². The van der Waals surface area contributed by atoms with Crippen molar-refractivity contribution in [3.05, 3.63) is 64.9 Å². The Morgan fingerprint density at radius 2 is 1.66 bits per heavy atom. The summed E-state index contributed by atoms with van der Waals surface area (Å²) < 4.78 is 38.5. The topological polar surface area (TPSA) is 120 Å². The summed E-state index contributed by atoms with van der Waals surface area (Å²) in [5.41, 5.74) is 1.38. The van der Waals surface area contributed by atoms with Gasteiger partial charge in [-0.05, 0) is 54.4 Å². The van der Waals surface area contributed by atoms with E-state index in [1.54, 1.807) is 26.4 Å². The summed E-state index contributed by atoms with van der Waals surface area (Å²) in [4.78, 5) is 20.1. The van der Waals surface area contributed by atoms with E-state index in [2.05, 4.69) is 35.9 Å². The van der Waals surface area contributed by atoms with E-state index < -0.39 is 10.0 Å². The minimum absolute atomic E-state index is 0.0220. The molecule has 0 radical (unpaired) electrons. The highest BCUT2D eigenvalue weighted by atomic mass is 79.9. The van der Waals surface area contributed by atoms with Crippen molar-refractivity contribution < 1.29 is 22.7 Å². The molecule has 9 nitrogen and oxygen atoms in total. The molecule has 1 aromatic heterocycles. The van der Waals surface area contributed by atoms with Crippen LogP contribution in [-0.2, 0) is 21.2 Å². The number of sulfonamides is 1. The molecule has 11 heteroatoms. The minimum Gasteiger partial charge on any atom is -0.493 e. The lowest BCUT2D eigenvalue weighted by Crippen LogP contribution is -2.15. The Morgan fingerprint density at radius 1 is 1.03 bits per heavy atom. The number of nitrogens with zero attached hydrogens (tertiary/aromatic N) is 2. The van der Waals surface area contributed by atoms with Crippen LogP contribution < -0.4 is 19.5 Å². The molecule has 0 saturated heterocycles. The van der Waals surface area contributed by atoms with Crippen molar-refractivity contribution in [2.75, 3.05) is 24.3 Å². The molecule has 1 amide bonds. The van der Waals surface area contributed by atoms with Gasteiger partial charge in [0.25, 0.3) is 10.0 Å². The van der Waals surface area contributed by atoms with Crippen LogP contribution in [-0.4, -0.2) is 38.5 Å². The maximum absolute atomic E-state index is 12.4. The maximum Gasteiger partial charge on any atom is 0.264 e. The molecule has 3 rings (SSSR count). The van der Waals surface area contributed by atoms with Gasteiger partial charge < -0.3 is 14.8 Å². The Bertz CT molecular complexity index is 1190. The average molecular weight is 521 g/mol. The zero-order chi connectivity index (χ0) is 23.1. The molecule has 0 bridgehead atoms. The van der Waals surface area contributed by atoms with Gasteiger partial charge in [-0.1, -0.05) is 15.9 Å². The van der Waals surface area contributed by atoms with Crippen LogP contribution in [0.15, 0.2) is 64.2 Å². The van der Waals surface area contributed by atoms with Crippen LogP contribution in [0.2, 0.25) is 0 Å². The average Bonchev–Trinajstić information content (AvgIpc) is 2.78. The van der Waals surface area contributed by atoms with Gasteiger partial charge in [0, 0.05) is 29.0 Å². The molecular formula is C21H21BrN4O5S. The summed E-state index contributed by atoms with van der Waals surface area (Å²) in [7, 11) is -0.732. The van der Waals surface area contributed by atoms with Crippen LogP contribution in [0.4, 0.5) is 11.6 Å². The second-order valence-corrected chi connectivity index (χ2v) is 9.09. The van der Waals surface area contributed by atoms with Crippen molar-refractivity contribution in [2.45, 2.75) is 17.7 Å². The summed E-state index contributed by atoms with van der Waals surface area (Å²) in [6.07, 6.45) is 3.56. The fraction of sp³-hybridized carbons (Fsp3) is 0.190. The first-order chi connectivity index (χ1) is 15.3. The molecule has 0 aliphatic heterocycles. The molecule has 168 valence electrons. The lowest BCUT2D eigenvalue weighted by Gasteiger charge is -2.12. The number of nitrogens with one attached hydrogen (secondary N) is 2. The number of rotatable bonds is 9. The van der Waals surface area contributed by atoms with Crippen molar-refractivity contribution in [1.29, 1.82) is 0 Å². The highest BCUT2D eigenvalue weighted by molar-refractivity contribution is 9.10. The number of benzene rings is 2. The van der Waals surface area contributed by atoms with Gasteiger partial charge in [0.15, 0.2) is 11.5 Å². The standard InChI is InChI=1S/C21H21BrN4O5S/c1-30-18-12-14(17(22)13-19(18)31-2)4-9-20(27)25-15-5-7-16(8-6-15)32(28,29)26-21-23-10-3-11-24-21/h3,5-8,10-13H,4,9H2,1-2H3,(H,25,27)(H,23,24,26). The van der Waals surface area contributed by atoms with E-state index in [1.165, 1.54) is 36.7 Å². The van der Waals surface area contributed by atoms with Crippen molar-refractivity contribution in [3.63, 3.8) is 0 Å². The third kappa shape index (κ3) is 5.95. The normalized spacial score (nSPS) is 11.0. The molecule has 0 unspecified atom stereocenters. The second-order valence-electron chi connectivity index (χ2n) is 6.55. The zero-order valence-corrected chi connectivity index (χ0v) is 19.7. The van der Waals surface area contributed by atoms with E-state index >= 15 is 0 Å². The monoisotopic (exact) mass is 520 g/mol. The van der Waals surface area contributed by atoms with Gasteiger partial charge in [-0.25, -0.2) is 23.1 Å². The first-order valence-electron chi connectivity index (χ1n) is 9.42. The number of aryl methyl sites for hydroxylation is 1. The van der Waals surface area contributed by atoms with Crippen LogP contribution in [0.5, 0.6) is 11.5 Å². The van der Waals surface area contributed by atoms with Crippen LogP contribution >= 0.6 is 15.9 Å². The van der Waals surface area contributed by atoms with Crippen molar-refractivity contribution in [1.82, 2.24) is 9.97 Å². The first-order valence-corrected chi connectivity index (χ1v) is 11.7. The van der Waals surface area contributed by atoms with Gasteiger partial charge in [-0.3, -0.25) is 4.79 Å². The van der Waals surface area contributed by atoms with Gasteiger partial charge in [0.1, 0.15) is 0 Å². The van der Waals surface area contributed by atoms with E-state index in [0.29, 0.717) is 23.6 Å². The molecular weight excluding hydrogens is 500 g/mol. The largest absolute Gasteiger partial charge is 0.493 e. The smallest absolute Gasteiger partial charge is 0.264 e. The van der Waals surface area contributed by atoms with E-state index in [4.69, 9.17) is 9.47 Å². The van der Waals surface area contributed by atoms with E-state index in [0.717, 1.165) is 10.0 Å². The molecule has 0 aliphatic carbocycles. The van der Waals surface area contributed by atoms with Crippen LogP contribution in [0.25, 0.3) is 0 Å². The number of carbonyl (C=O) groups is 1. The molecule has 2 aromatic carbocycles. The molecule has 0 saturated carbocycles. The zero-order valence-electron chi connectivity index (χ0n) is 17.3. The predicted molar refractivity (Wildman–Crippen MR) is 123 cm³/mol. The summed E-state index contributed by atoms with van der Waals surface area (Å²) in [5, 5.41) is 2.76. The SMILES string of the molecule is COc1cc(Br)c(CCC(=O)Nc2ccc(S(=O)(=O)Nc3ncccn3)cc2)cc1OC. The quantitative estimate of drug-likeness (QED) is 0.441. The number of halogens is 1. The number of methoxy groups -OCH3 is 2. The summed E-state index contributed by atoms with van der Waals surface area (Å²) in [6.45, 7) is 0. The van der Waals surface area contributed by atoms with Crippen LogP contribution in [0.3, 0.4) is 0 Å². The molecule has 0 spiro atoms. The molecule has 32 heavy (non-hydrogen) atoms. The van der Waals surface area contributed by atoms with E-state index in [-0.39, 0.29) is 23.2 Å². The molecule has 0 fully saturated rings. The summed E-state index contributed by atoms with van der Waals surface area (Å²) in [6, 6.07) is 11.0. The number of ether oxygens (including phenoxy) is 2. The van der Waals surface area contributed by atoms with Crippen molar-refractivity contribution in [2.24, 2.45) is 0 Å². The predicted octanol–water partition coefficient (Wildman–Crippen LogP) is 3.63. The number of aromatic nitrogens is 2. The van der Waals surface area contributed by atoms with Crippen molar-refractivity contribution in [3.8, 4) is 11.5 Å². The van der Waals surface area contributed by atoms with E-state index in [1.807, 2.05) is 6.07 Å². The third-order valence-corrected chi connectivity index (χ3v) is 6.50. The molecule has 0 atom stereocenters. The van der Waals surface area contributed by atoms with Crippen LogP contribution in [0.1, 0.15) is 12.0 Å². The fourth-order valence-corrected chi connectivity index (χ4v) is 4.29. The third-order valence-electron chi connectivity index (χ3n) is 4.41. The lowest BCUT2D eigenvalue weighted by molar-refractivity contribution is -0.116. The number of hydrogen-bond donors (Lipinski definition) is 2. The van der Waals surface area contributed by atoms with Crippen LogP contribution in [0, 0.1) is 0 Å². The van der Waals surface area contributed by atoms with Gasteiger partial charge >= 0.3 is 0 Å². The molecule has 1 heterocycles. The summed E-state index contributed by atoms with van der Waals surface area (Å²) in [5.74, 6) is 0.942. The lowest BCUT2D eigenvalue weighted by atomic mass is 10.1. The Hall–Kier alpha value is -3.18. The fourth-order valence-electron chi connectivity index (χ4n) is 2.81. The number of amides is 1. The molecule has 0 aliphatic rings. The number of carbonyl (C=O) groups excluding carboxylic acids is 1. The molecule has 2 N–H and O–H groups in total. The maximum atomic E-state index is 12.4. The van der Waals surface area contributed by atoms with Gasteiger partial charge in [0.05, 0.1) is 19.1 Å². The van der Waals surface area contributed by atoms with Gasteiger partial charge in [-0.15, -0.1) is 0 Å². The Balaban J connectivity index is 1.60. The number of anilines is 2. The molecule has 3 aromatic rings. The summed E-state index contributed by atoms with van der Waals surface area (Å²) >= 11 is 3.48. The van der Waals surface area contributed by atoms with E-state index in [9.17, 15) is 13.2 Å². The minimum atomic E-state index is -3.84.